The third kappa shape index (κ3) is 5.07. The molecule has 5 aliphatic rings. The van der Waals surface area contributed by atoms with Crippen LogP contribution in [0, 0.1) is 45.8 Å². The average Bonchev–Trinajstić information content (AvgIpc) is 3.52. The van der Waals surface area contributed by atoms with Crippen LogP contribution in [-0.4, -0.2) is 29.6 Å². The van der Waals surface area contributed by atoms with Crippen LogP contribution in [0.1, 0.15) is 118 Å². The molecule has 0 spiro atoms. The van der Waals surface area contributed by atoms with E-state index < -0.39 is 17.2 Å². The van der Waals surface area contributed by atoms with Crippen LogP contribution in [0.15, 0.2) is 11.6 Å². The predicted octanol–water partition coefficient (Wildman–Crippen LogP) is 8.87. The first-order valence-corrected chi connectivity index (χ1v) is 15.3. The molecule has 5 rings (SSSR count). The van der Waals surface area contributed by atoms with Crippen molar-refractivity contribution in [1.82, 2.24) is 0 Å². The van der Waals surface area contributed by atoms with E-state index >= 15 is 0 Å². The van der Waals surface area contributed by atoms with Gasteiger partial charge in [-0.25, -0.2) is 0 Å². The van der Waals surface area contributed by atoms with Crippen LogP contribution in [0.4, 0.5) is 13.2 Å². The van der Waals surface area contributed by atoms with Crippen LogP contribution in [-0.2, 0) is 4.74 Å². The van der Waals surface area contributed by atoms with E-state index in [-0.39, 0.29) is 31.0 Å². The lowest BCUT2D eigenvalue weighted by Crippen LogP contribution is -2.51. The van der Waals surface area contributed by atoms with E-state index in [9.17, 15) is 18.3 Å². The number of aliphatic hydroxyl groups is 1. The van der Waals surface area contributed by atoms with Gasteiger partial charge >= 0.3 is 6.18 Å². The molecule has 2 nitrogen and oxygen atoms in total. The van der Waals surface area contributed by atoms with Crippen molar-refractivity contribution in [2.75, 3.05) is 6.61 Å². The highest BCUT2D eigenvalue weighted by molar-refractivity contribution is 5.25. The fraction of sp³-hybridized carbons (Fsp3) is 0.938. The number of alkyl halides is 3. The van der Waals surface area contributed by atoms with E-state index in [4.69, 9.17) is 4.74 Å². The van der Waals surface area contributed by atoms with Crippen LogP contribution in [0.3, 0.4) is 0 Å². The van der Waals surface area contributed by atoms with Crippen molar-refractivity contribution in [3.8, 4) is 0 Å². The van der Waals surface area contributed by atoms with Crippen molar-refractivity contribution in [1.29, 1.82) is 0 Å². The minimum Gasteiger partial charge on any atom is -0.390 e. The second-order valence-corrected chi connectivity index (χ2v) is 15.1. The standard InChI is InChI=1S/C32H51F3O2/c1-21(7-6-14-28(2,3)36)25-10-11-26-24-9-8-22-19-23(37-20-31(17-18-31)32(33,34)35)12-15-29(22,4)27(24)13-16-30(25,26)5/h8,21,23-27,36H,6-7,9-20H2,1-5H3/t21-,23+,24+,25-,26+,27+,29+,30-/m1/s1. The Bertz CT molecular complexity index is 868. The van der Waals surface area contributed by atoms with Crippen LogP contribution in [0.2, 0.25) is 0 Å². The normalized spacial score (nSPS) is 41.9. The monoisotopic (exact) mass is 524 g/mol. The minimum atomic E-state index is -4.13. The molecule has 0 saturated heterocycles. The third-order valence-corrected chi connectivity index (χ3v) is 12.3. The van der Waals surface area contributed by atoms with Gasteiger partial charge in [-0.2, -0.15) is 13.2 Å². The molecule has 0 aliphatic heterocycles. The zero-order chi connectivity index (χ0) is 26.9. The van der Waals surface area contributed by atoms with E-state index in [2.05, 4.69) is 26.8 Å². The highest BCUT2D eigenvalue weighted by atomic mass is 19.4. The summed E-state index contributed by atoms with van der Waals surface area (Å²) in [4.78, 5) is 0. The summed E-state index contributed by atoms with van der Waals surface area (Å²) in [6, 6.07) is 0. The van der Waals surface area contributed by atoms with Crippen molar-refractivity contribution in [2.45, 2.75) is 136 Å². The maximum absolute atomic E-state index is 13.4. The Hall–Kier alpha value is -0.550. The van der Waals surface area contributed by atoms with Crippen LogP contribution < -0.4 is 0 Å². The molecule has 0 unspecified atom stereocenters. The lowest BCUT2D eigenvalue weighted by Gasteiger charge is -2.58. The number of ether oxygens (including phenoxy) is 1. The van der Waals surface area contributed by atoms with Crippen molar-refractivity contribution >= 4 is 0 Å². The van der Waals surface area contributed by atoms with Gasteiger partial charge in [0.1, 0.15) is 0 Å². The van der Waals surface area contributed by atoms with Gasteiger partial charge in [0.05, 0.1) is 23.7 Å². The zero-order valence-electron chi connectivity index (χ0n) is 23.9. The van der Waals surface area contributed by atoms with E-state index in [1.807, 2.05) is 13.8 Å². The molecule has 8 atom stereocenters. The molecule has 0 bridgehead atoms. The average molecular weight is 525 g/mol. The molecule has 0 aromatic rings. The summed E-state index contributed by atoms with van der Waals surface area (Å²) >= 11 is 0. The molecule has 5 aliphatic carbocycles. The Labute approximate surface area is 223 Å². The maximum Gasteiger partial charge on any atom is 0.396 e. The van der Waals surface area contributed by atoms with Gasteiger partial charge in [-0.1, -0.05) is 45.3 Å². The van der Waals surface area contributed by atoms with E-state index in [1.165, 1.54) is 37.7 Å². The second-order valence-electron chi connectivity index (χ2n) is 15.1. The molecule has 4 saturated carbocycles. The molecule has 5 heteroatoms. The summed E-state index contributed by atoms with van der Waals surface area (Å²) in [5.74, 6) is 3.74. The summed E-state index contributed by atoms with van der Waals surface area (Å²) in [6.07, 6.45) is 11.2. The fourth-order valence-electron chi connectivity index (χ4n) is 9.74. The molecule has 0 radical (unpaired) electrons. The molecule has 0 aromatic carbocycles. The van der Waals surface area contributed by atoms with Crippen LogP contribution in [0.5, 0.6) is 0 Å². The minimum absolute atomic E-state index is 0.0508. The molecular formula is C32H51F3O2. The number of fused-ring (bicyclic) bond motifs is 5. The zero-order valence-corrected chi connectivity index (χ0v) is 23.9. The van der Waals surface area contributed by atoms with Gasteiger partial charge < -0.3 is 9.84 Å². The Kier molecular flexibility index (Phi) is 7.21. The van der Waals surface area contributed by atoms with Crippen molar-refractivity contribution in [2.24, 2.45) is 45.8 Å². The van der Waals surface area contributed by atoms with E-state index in [1.54, 1.807) is 0 Å². The Morgan fingerprint density at radius 2 is 1.76 bits per heavy atom. The fourth-order valence-corrected chi connectivity index (χ4v) is 9.74. The Balaban J connectivity index is 1.22. The maximum atomic E-state index is 13.4. The van der Waals surface area contributed by atoms with Gasteiger partial charge in [-0.05, 0) is 125 Å². The number of allylic oxidation sites excluding steroid dienone is 1. The molecule has 212 valence electrons. The summed E-state index contributed by atoms with van der Waals surface area (Å²) < 4.78 is 46.1. The predicted molar refractivity (Wildman–Crippen MR) is 142 cm³/mol. The van der Waals surface area contributed by atoms with Gasteiger partial charge in [-0.15, -0.1) is 0 Å². The smallest absolute Gasteiger partial charge is 0.390 e. The van der Waals surface area contributed by atoms with Crippen molar-refractivity contribution < 1.29 is 23.0 Å². The SMILES string of the molecule is C[C@H](CCCC(C)(C)O)[C@H]1CC[C@H]2[C@@H]3CC=C4C[C@@H](OCC5(C(F)(F)F)CC5)CC[C@]4(C)[C@H]3CC[C@]12C. The first kappa shape index (κ1) is 28.0. The quantitative estimate of drug-likeness (QED) is 0.321. The molecule has 4 fully saturated rings. The van der Waals surface area contributed by atoms with Gasteiger partial charge in [0, 0.05) is 0 Å². The van der Waals surface area contributed by atoms with E-state index in [0.29, 0.717) is 17.3 Å². The van der Waals surface area contributed by atoms with Gasteiger partial charge in [0.25, 0.3) is 0 Å². The third-order valence-electron chi connectivity index (χ3n) is 12.3. The Morgan fingerprint density at radius 3 is 2.41 bits per heavy atom. The second kappa shape index (κ2) is 9.53. The number of hydrogen-bond acceptors (Lipinski definition) is 2. The van der Waals surface area contributed by atoms with Gasteiger partial charge in [-0.3, -0.25) is 0 Å². The molecule has 0 aromatic heterocycles. The largest absolute Gasteiger partial charge is 0.396 e. The molecular weight excluding hydrogens is 473 g/mol. The first-order valence-electron chi connectivity index (χ1n) is 15.3. The summed E-state index contributed by atoms with van der Waals surface area (Å²) in [5.41, 5.74) is -0.0173. The number of halogens is 3. The summed E-state index contributed by atoms with van der Waals surface area (Å²) in [7, 11) is 0. The summed E-state index contributed by atoms with van der Waals surface area (Å²) in [5, 5.41) is 10.1. The van der Waals surface area contributed by atoms with Gasteiger partial charge in [0.15, 0.2) is 0 Å². The highest BCUT2D eigenvalue weighted by Gasteiger charge is 2.64. The molecule has 37 heavy (non-hydrogen) atoms. The van der Waals surface area contributed by atoms with Crippen molar-refractivity contribution in [3.05, 3.63) is 11.6 Å². The van der Waals surface area contributed by atoms with Gasteiger partial charge in [0.2, 0.25) is 0 Å². The highest BCUT2D eigenvalue weighted by Crippen LogP contribution is 2.67. The molecule has 0 amide bonds. The topological polar surface area (TPSA) is 29.5 Å². The summed E-state index contributed by atoms with van der Waals surface area (Å²) in [6.45, 7) is 11.2. The number of hydrogen-bond donors (Lipinski definition) is 1. The lowest BCUT2D eigenvalue weighted by molar-refractivity contribution is -0.207. The van der Waals surface area contributed by atoms with Crippen LogP contribution in [0.25, 0.3) is 0 Å². The number of rotatable bonds is 8. The van der Waals surface area contributed by atoms with E-state index in [0.717, 1.165) is 56.3 Å². The Morgan fingerprint density at radius 1 is 1.03 bits per heavy atom. The lowest BCUT2D eigenvalue weighted by atomic mass is 9.47. The molecule has 1 N–H and O–H groups in total. The first-order chi connectivity index (χ1) is 17.2. The van der Waals surface area contributed by atoms with Crippen molar-refractivity contribution in [3.63, 3.8) is 0 Å². The van der Waals surface area contributed by atoms with Crippen LogP contribution >= 0.6 is 0 Å². The molecule has 0 heterocycles.